The van der Waals surface area contributed by atoms with Crippen LogP contribution in [0, 0.1) is 6.92 Å². The first-order valence-corrected chi connectivity index (χ1v) is 8.53. The Morgan fingerprint density at radius 1 is 1.52 bits per heavy atom. The van der Waals surface area contributed by atoms with Gasteiger partial charge in [-0.2, -0.15) is 0 Å². The van der Waals surface area contributed by atoms with Crippen LogP contribution in [0.1, 0.15) is 25.6 Å². The Hall–Kier alpha value is -1.67. The standard InChI is InChI=1S/C13H18FN4O4P/c1-8(13(4,14)22-7-23(19,20)21)10(3)18-6-17-11-9(2)15-5-16-12(11)18/h5-6,10H,1,7H2,2-4H3,(H2,19,20,21)/t10-,13+/m1/s1. The number of imidazole rings is 1. The van der Waals surface area contributed by atoms with Gasteiger partial charge in [0.2, 0.25) is 5.85 Å². The lowest BCUT2D eigenvalue weighted by Crippen LogP contribution is -2.30. The molecule has 0 saturated carbocycles. The molecule has 2 aromatic heterocycles. The molecule has 0 unspecified atom stereocenters. The lowest BCUT2D eigenvalue weighted by molar-refractivity contribution is -0.0911. The molecule has 0 aliphatic carbocycles. The zero-order chi connectivity index (χ0) is 17.4. The average molecular weight is 344 g/mol. The summed E-state index contributed by atoms with van der Waals surface area (Å²) in [6.45, 7) is 8.17. The predicted molar refractivity (Wildman–Crippen MR) is 81.4 cm³/mol. The van der Waals surface area contributed by atoms with Gasteiger partial charge in [-0.15, -0.1) is 0 Å². The van der Waals surface area contributed by atoms with Gasteiger partial charge in [-0.1, -0.05) is 6.58 Å². The van der Waals surface area contributed by atoms with Crippen molar-refractivity contribution in [3.8, 4) is 0 Å². The van der Waals surface area contributed by atoms with Gasteiger partial charge in [0.05, 0.1) is 18.1 Å². The number of rotatable bonds is 6. The molecule has 0 aromatic carbocycles. The molecule has 0 fully saturated rings. The van der Waals surface area contributed by atoms with Crippen LogP contribution in [-0.4, -0.2) is 41.5 Å². The van der Waals surface area contributed by atoms with Gasteiger partial charge in [0.15, 0.2) is 12.0 Å². The van der Waals surface area contributed by atoms with E-state index < -0.39 is 25.8 Å². The molecule has 0 aliphatic rings. The van der Waals surface area contributed by atoms with E-state index in [2.05, 4.69) is 21.5 Å². The molecule has 0 amide bonds. The van der Waals surface area contributed by atoms with Crippen LogP contribution < -0.4 is 0 Å². The highest BCUT2D eigenvalue weighted by molar-refractivity contribution is 7.51. The van der Waals surface area contributed by atoms with Crippen LogP contribution in [0.4, 0.5) is 4.39 Å². The SMILES string of the molecule is C=C([C@@H](C)n1cnc2c(C)ncnc21)[C@@](C)(F)OCP(=O)(O)O. The van der Waals surface area contributed by atoms with Crippen molar-refractivity contribution >= 4 is 18.8 Å². The van der Waals surface area contributed by atoms with E-state index in [0.29, 0.717) is 16.9 Å². The summed E-state index contributed by atoms with van der Waals surface area (Å²) < 4.78 is 31.8. The molecule has 126 valence electrons. The average Bonchev–Trinajstić information content (AvgIpc) is 2.88. The molecule has 0 aliphatic heterocycles. The number of hydrogen-bond acceptors (Lipinski definition) is 5. The van der Waals surface area contributed by atoms with Crippen molar-refractivity contribution in [2.75, 3.05) is 6.35 Å². The highest BCUT2D eigenvalue weighted by atomic mass is 31.2. The Balaban J connectivity index is 2.27. The zero-order valence-corrected chi connectivity index (χ0v) is 13.9. The third kappa shape index (κ3) is 3.81. The minimum absolute atomic E-state index is 0.0125. The fourth-order valence-electron chi connectivity index (χ4n) is 2.09. The summed E-state index contributed by atoms with van der Waals surface area (Å²) in [5.74, 6) is -2.42. The highest BCUT2D eigenvalue weighted by Crippen LogP contribution is 2.39. The van der Waals surface area contributed by atoms with Crippen molar-refractivity contribution < 1.29 is 23.5 Å². The van der Waals surface area contributed by atoms with E-state index in [0.717, 1.165) is 6.92 Å². The topological polar surface area (TPSA) is 110 Å². The third-order valence-corrected chi connectivity index (χ3v) is 4.01. The summed E-state index contributed by atoms with van der Waals surface area (Å²) in [7, 11) is -4.48. The van der Waals surface area contributed by atoms with Crippen molar-refractivity contribution in [1.82, 2.24) is 19.5 Å². The minimum atomic E-state index is -4.48. The van der Waals surface area contributed by atoms with Crippen LogP contribution in [0.15, 0.2) is 24.8 Å². The summed E-state index contributed by atoms with van der Waals surface area (Å²) >= 11 is 0. The molecular weight excluding hydrogens is 326 g/mol. The monoisotopic (exact) mass is 344 g/mol. The first-order chi connectivity index (χ1) is 10.5. The van der Waals surface area contributed by atoms with Gasteiger partial charge in [-0.3, -0.25) is 4.57 Å². The Labute approximate surface area is 132 Å². The van der Waals surface area contributed by atoms with Gasteiger partial charge >= 0.3 is 7.60 Å². The lowest BCUT2D eigenvalue weighted by atomic mass is 10.0. The van der Waals surface area contributed by atoms with Gasteiger partial charge in [-0.25, -0.2) is 19.3 Å². The number of aryl methyl sites for hydroxylation is 1. The quantitative estimate of drug-likeness (QED) is 0.610. The van der Waals surface area contributed by atoms with Crippen molar-refractivity contribution in [3.05, 3.63) is 30.5 Å². The molecule has 2 heterocycles. The van der Waals surface area contributed by atoms with Gasteiger partial charge in [-0.05, 0) is 20.8 Å². The highest BCUT2D eigenvalue weighted by Gasteiger charge is 2.35. The second kappa shape index (κ2) is 6.09. The molecule has 0 radical (unpaired) electrons. The van der Waals surface area contributed by atoms with Crippen molar-refractivity contribution in [2.45, 2.75) is 32.7 Å². The smallest absolute Gasteiger partial charge is 0.330 e. The van der Waals surface area contributed by atoms with Crippen LogP contribution in [-0.2, 0) is 9.30 Å². The van der Waals surface area contributed by atoms with Gasteiger partial charge in [0.25, 0.3) is 0 Å². The molecule has 10 heteroatoms. The van der Waals surface area contributed by atoms with E-state index in [1.54, 1.807) is 18.4 Å². The Morgan fingerprint density at radius 2 is 2.17 bits per heavy atom. The van der Waals surface area contributed by atoms with Crippen LogP contribution in [0.3, 0.4) is 0 Å². The van der Waals surface area contributed by atoms with E-state index in [1.807, 2.05) is 0 Å². The van der Waals surface area contributed by atoms with Crippen molar-refractivity contribution in [1.29, 1.82) is 0 Å². The first-order valence-electron chi connectivity index (χ1n) is 6.74. The van der Waals surface area contributed by atoms with Crippen LogP contribution >= 0.6 is 7.60 Å². The van der Waals surface area contributed by atoms with Crippen molar-refractivity contribution in [3.63, 3.8) is 0 Å². The molecule has 23 heavy (non-hydrogen) atoms. The number of hydrogen-bond donors (Lipinski definition) is 2. The maximum atomic E-state index is 14.6. The summed E-state index contributed by atoms with van der Waals surface area (Å²) in [5.41, 5.74) is 1.77. The maximum Gasteiger partial charge on any atom is 0.351 e. The summed E-state index contributed by atoms with van der Waals surface area (Å²) in [5, 5.41) is 0. The fourth-order valence-corrected chi connectivity index (χ4v) is 2.50. The number of fused-ring (bicyclic) bond motifs is 1. The van der Waals surface area contributed by atoms with Gasteiger partial charge in [0.1, 0.15) is 11.8 Å². The number of alkyl halides is 1. The van der Waals surface area contributed by atoms with Crippen LogP contribution in [0.2, 0.25) is 0 Å². The summed E-state index contributed by atoms with van der Waals surface area (Å²) in [4.78, 5) is 30.0. The summed E-state index contributed by atoms with van der Waals surface area (Å²) in [6.07, 6.45) is 1.84. The van der Waals surface area contributed by atoms with E-state index >= 15 is 0 Å². The predicted octanol–water partition coefficient (Wildman–Crippen LogP) is 2.09. The number of aromatic nitrogens is 4. The normalized spacial score (nSPS) is 16.3. The molecular formula is C13H18FN4O4P. The van der Waals surface area contributed by atoms with Crippen molar-refractivity contribution in [2.24, 2.45) is 0 Å². The van der Waals surface area contributed by atoms with E-state index in [1.165, 1.54) is 12.7 Å². The van der Waals surface area contributed by atoms with E-state index in [4.69, 9.17) is 14.5 Å². The Morgan fingerprint density at radius 3 is 2.78 bits per heavy atom. The fraction of sp³-hybridized carbons (Fsp3) is 0.462. The molecule has 0 bridgehead atoms. The van der Waals surface area contributed by atoms with Gasteiger partial charge < -0.3 is 19.1 Å². The maximum absolute atomic E-state index is 14.6. The second-order valence-corrected chi connectivity index (χ2v) is 6.93. The lowest BCUT2D eigenvalue weighted by Gasteiger charge is -2.28. The molecule has 0 spiro atoms. The Kier molecular flexibility index (Phi) is 4.68. The zero-order valence-electron chi connectivity index (χ0n) is 13.0. The van der Waals surface area contributed by atoms with Crippen LogP contribution in [0.5, 0.6) is 0 Å². The van der Waals surface area contributed by atoms with E-state index in [9.17, 15) is 8.96 Å². The largest absolute Gasteiger partial charge is 0.351 e. The number of nitrogens with zero attached hydrogens (tertiary/aromatic N) is 4. The molecule has 2 rings (SSSR count). The molecule has 2 N–H and O–H groups in total. The molecule has 8 nitrogen and oxygen atoms in total. The van der Waals surface area contributed by atoms with Gasteiger partial charge in [0, 0.05) is 5.57 Å². The minimum Gasteiger partial charge on any atom is -0.330 e. The van der Waals surface area contributed by atoms with Crippen LogP contribution in [0.25, 0.3) is 11.2 Å². The number of ether oxygens (including phenoxy) is 1. The number of halogens is 1. The molecule has 0 saturated heterocycles. The van der Waals surface area contributed by atoms with E-state index in [-0.39, 0.29) is 5.57 Å². The molecule has 2 aromatic rings. The summed E-state index contributed by atoms with van der Waals surface area (Å²) in [6, 6.07) is -0.596. The molecule has 2 atom stereocenters. The first kappa shape index (κ1) is 17.7. The Bertz CT molecular complexity index is 785. The third-order valence-electron chi connectivity index (χ3n) is 3.54. The second-order valence-electron chi connectivity index (χ2n) is 5.34.